The summed E-state index contributed by atoms with van der Waals surface area (Å²) >= 11 is 12.0. The molecule has 3 aromatic rings. The van der Waals surface area contributed by atoms with E-state index in [9.17, 15) is 0 Å². The third-order valence-corrected chi connectivity index (χ3v) is 4.18. The summed E-state index contributed by atoms with van der Waals surface area (Å²) in [4.78, 5) is 7.57. The number of pyridine rings is 1. The highest BCUT2D eigenvalue weighted by Gasteiger charge is 2.10. The Balaban J connectivity index is 0.00000176. The lowest BCUT2D eigenvalue weighted by atomic mass is 10.2. The van der Waals surface area contributed by atoms with Crippen molar-refractivity contribution in [2.75, 3.05) is 0 Å². The van der Waals surface area contributed by atoms with Gasteiger partial charge in [-0.1, -0.05) is 29.3 Å². The van der Waals surface area contributed by atoms with E-state index in [0.29, 0.717) is 16.7 Å². The summed E-state index contributed by atoms with van der Waals surface area (Å²) in [5, 5.41) is 2.29. The van der Waals surface area contributed by atoms with Gasteiger partial charge < -0.3 is 9.72 Å². The SMILES string of the molecule is Cc1[nH]c2c(OCc3ccc(Cl)cc3Cl)cncc2c1C.Cl. The fourth-order valence-corrected chi connectivity index (χ4v) is 2.70. The van der Waals surface area contributed by atoms with E-state index < -0.39 is 0 Å². The Morgan fingerprint density at radius 2 is 1.95 bits per heavy atom. The number of aromatic amines is 1. The lowest BCUT2D eigenvalue weighted by molar-refractivity contribution is 0.308. The van der Waals surface area contributed by atoms with Gasteiger partial charge in [0.15, 0.2) is 5.75 Å². The Hall–Kier alpha value is -1.42. The summed E-state index contributed by atoms with van der Waals surface area (Å²) in [5.74, 6) is 0.717. The Labute approximate surface area is 145 Å². The van der Waals surface area contributed by atoms with Gasteiger partial charge in [0, 0.05) is 32.9 Å². The van der Waals surface area contributed by atoms with E-state index in [1.54, 1.807) is 18.3 Å². The average Bonchev–Trinajstić information content (AvgIpc) is 2.74. The highest BCUT2D eigenvalue weighted by Crippen LogP contribution is 2.29. The van der Waals surface area contributed by atoms with Gasteiger partial charge in [-0.05, 0) is 31.5 Å². The molecule has 0 aliphatic rings. The van der Waals surface area contributed by atoms with Crippen molar-refractivity contribution >= 4 is 46.5 Å². The summed E-state index contributed by atoms with van der Waals surface area (Å²) in [6, 6.07) is 5.38. The molecule has 0 aliphatic heterocycles. The highest BCUT2D eigenvalue weighted by molar-refractivity contribution is 6.35. The molecule has 22 heavy (non-hydrogen) atoms. The van der Waals surface area contributed by atoms with E-state index in [0.717, 1.165) is 27.9 Å². The molecule has 0 unspecified atom stereocenters. The minimum Gasteiger partial charge on any atom is -0.485 e. The molecule has 2 heterocycles. The van der Waals surface area contributed by atoms with Gasteiger partial charge in [-0.25, -0.2) is 0 Å². The van der Waals surface area contributed by atoms with Crippen molar-refractivity contribution in [3.05, 3.63) is 57.5 Å². The number of aromatic nitrogens is 2. The zero-order chi connectivity index (χ0) is 15.0. The average molecular weight is 358 g/mol. The first-order valence-corrected chi connectivity index (χ1v) is 7.31. The Morgan fingerprint density at radius 3 is 2.68 bits per heavy atom. The number of nitrogens with zero attached hydrogens (tertiary/aromatic N) is 1. The van der Waals surface area contributed by atoms with Crippen LogP contribution in [0.3, 0.4) is 0 Å². The second-order valence-corrected chi connectivity index (χ2v) is 5.80. The van der Waals surface area contributed by atoms with Crippen LogP contribution >= 0.6 is 35.6 Å². The summed E-state index contributed by atoms with van der Waals surface area (Å²) < 4.78 is 5.87. The molecule has 1 N–H and O–H groups in total. The molecular weight excluding hydrogens is 343 g/mol. The number of hydrogen-bond acceptors (Lipinski definition) is 2. The van der Waals surface area contributed by atoms with E-state index in [2.05, 4.69) is 16.9 Å². The van der Waals surface area contributed by atoms with Gasteiger partial charge in [-0.2, -0.15) is 0 Å². The van der Waals surface area contributed by atoms with Crippen LogP contribution in [0.25, 0.3) is 10.9 Å². The van der Waals surface area contributed by atoms with Crippen LogP contribution in [0.15, 0.2) is 30.6 Å². The van der Waals surface area contributed by atoms with E-state index >= 15 is 0 Å². The lowest BCUT2D eigenvalue weighted by Crippen LogP contribution is -1.97. The first-order valence-electron chi connectivity index (χ1n) is 6.56. The number of nitrogens with one attached hydrogen (secondary N) is 1. The molecule has 3 rings (SSSR count). The van der Waals surface area contributed by atoms with Crippen molar-refractivity contribution in [2.45, 2.75) is 20.5 Å². The van der Waals surface area contributed by atoms with Crippen LogP contribution in [0.2, 0.25) is 10.0 Å². The number of halogens is 3. The van der Waals surface area contributed by atoms with Gasteiger partial charge in [0.1, 0.15) is 6.61 Å². The van der Waals surface area contributed by atoms with Crippen molar-refractivity contribution in [3.63, 3.8) is 0 Å². The van der Waals surface area contributed by atoms with Crippen molar-refractivity contribution in [1.29, 1.82) is 0 Å². The maximum absolute atomic E-state index is 6.16. The Morgan fingerprint density at radius 1 is 1.18 bits per heavy atom. The minimum absolute atomic E-state index is 0. The smallest absolute Gasteiger partial charge is 0.162 e. The molecule has 6 heteroatoms. The van der Waals surface area contributed by atoms with E-state index in [1.807, 2.05) is 19.2 Å². The maximum atomic E-state index is 6.16. The Bertz CT molecular complexity index is 815. The van der Waals surface area contributed by atoms with Gasteiger partial charge in [-0.3, -0.25) is 4.98 Å². The zero-order valence-corrected chi connectivity index (χ0v) is 14.4. The number of ether oxygens (including phenoxy) is 1. The molecular formula is C16H15Cl3N2O. The van der Waals surface area contributed by atoms with Crippen LogP contribution in [-0.2, 0) is 6.61 Å². The molecule has 2 aromatic heterocycles. The predicted octanol–water partition coefficient (Wildman–Crippen LogP) is 5.49. The number of aryl methyl sites for hydroxylation is 2. The van der Waals surface area contributed by atoms with E-state index in [-0.39, 0.29) is 12.4 Å². The Kier molecular flexibility index (Phi) is 5.22. The third kappa shape index (κ3) is 3.17. The standard InChI is InChI=1S/C16H14Cl2N2O.ClH/c1-9-10(2)20-16-13(9)6-19-7-15(16)21-8-11-3-4-12(17)5-14(11)18;/h3-7,20H,8H2,1-2H3;1H. The number of benzene rings is 1. The van der Waals surface area contributed by atoms with Crippen LogP contribution in [0.5, 0.6) is 5.75 Å². The lowest BCUT2D eigenvalue weighted by Gasteiger charge is -2.08. The number of H-pyrrole nitrogens is 1. The molecule has 3 nitrogen and oxygen atoms in total. The summed E-state index contributed by atoms with van der Waals surface area (Å²) in [5.41, 5.74) is 4.16. The fourth-order valence-electron chi connectivity index (χ4n) is 2.24. The second-order valence-electron chi connectivity index (χ2n) is 4.96. The molecule has 0 fully saturated rings. The third-order valence-electron chi connectivity index (χ3n) is 3.59. The molecule has 0 bridgehead atoms. The number of hydrogen-bond donors (Lipinski definition) is 1. The van der Waals surface area contributed by atoms with E-state index in [4.69, 9.17) is 27.9 Å². The fraction of sp³-hybridized carbons (Fsp3) is 0.188. The van der Waals surface area contributed by atoms with Crippen LogP contribution in [-0.4, -0.2) is 9.97 Å². The molecule has 0 radical (unpaired) electrons. The molecule has 0 atom stereocenters. The molecule has 0 saturated heterocycles. The minimum atomic E-state index is 0. The molecule has 0 aliphatic carbocycles. The second kappa shape index (κ2) is 6.78. The number of fused-ring (bicyclic) bond motifs is 1. The normalized spacial score (nSPS) is 10.5. The van der Waals surface area contributed by atoms with Crippen LogP contribution < -0.4 is 4.74 Å². The molecule has 0 saturated carbocycles. The van der Waals surface area contributed by atoms with Crippen LogP contribution in [0.4, 0.5) is 0 Å². The quantitative estimate of drug-likeness (QED) is 0.673. The first-order chi connectivity index (χ1) is 10.1. The summed E-state index contributed by atoms with van der Waals surface area (Å²) in [6.45, 7) is 4.47. The van der Waals surface area contributed by atoms with Gasteiger partial charge in [0.2, 0.25) is 0 Å². The predicted molar refractivity (Wildman–Crippen MR) is 93.6 cm³/mol. The largest absolute Gasteiger partial charge is 0.485 e. The highest BCUT2D eigenvalue weighted by atomic mass is 35.5. The van der Waals surface area contributed by atoms with Crippen LogP contribution in [0, 0.1) is 13.8 Å². The zero-order valence-electron chi connectivity index (χ0n) is 12.1. The molecule has 1 aromatic carbocycles. The number of rotatable bonds is 3. The van der Waals surface area contributed by atoms with Crippen molar-refractivity contribution < 1.29 is 4.74 Å². The first kappa shape index (κ1) is 16.9. The van der Waals surface area contributed by atoms with Gasteiger partial charge in [0.25, 0.3) is 0 Å². The topological polar surface area (TPSA) is 37.9 Å². The van der Waals surface area contributed by atoms with Crippen molar-refractivity contribution in [3.8, 4) is 5.75 Å². The monoisotopic (exact) mass is 356 g/mol. The summed E-state index contributed by atoms with van der Waals surface area (Å²) in [7, 11) is 0. The summed E-state index contributed by atoms with van der Waals surface area (Å²) in [6.07, 6.45) is 3.55. The van der Waals surface area contributed by atoms with Crippen molar-refractivity contribution in [2.24, 2.45) is 0 Å². The molecule has 116 valence electrons. The van der Waals surface area contributed by atoms with Gasteiger partial charge >= 0.3 is 0 Å². The molecule has 0 spiro atoms. The van der Waals surface area contributed by atoms with E-state index in [1.165, 1.54) is 5.56 Å². The van der Waals surface area contributed by atoms with Gasteiger partial charge in [-0.15, -0.1) is 12.4 Å². The maximum Gasteiger partial charge on any atom is 0.162 e. The van der Waals surface area contributed by atoms with Crippen LogP contribution in [0.1, 0.15) is 16.8 Å². The van der Waals surface area contributed by atoms with Gasteiger partial charge in [0.05, 0.1) is 11.7 Å². The molecule has 0 amide bonds. The van der Waals surface area contributed by atoms with Crippen molar-refractivity contribution in [1.82, 2.24) is 9.97 Å².